The van der Waals surface area contributed by atoms with Gasteiger partial charge in [-0.15, -0.1) is 24.2 Å². The summed E-state index contributed by atoms with van der Waals surface area (Å²) < 4.78 is 5.68. The van der Waals surface area contributed by atoms with Crippen LogP contribution < -0.4 is 0 Å². The van der Waals surface area contributed by atoms with Crippen LogP contribution in [0.4, 0.5) is 0 Å². The molecule has 0 radical (unpaired) electrons. The second-order valence-electron chi connectivity index (χ2n) is 4.11. The summed E-state index contributed by atoms with van der Waals surface area (Å²) in [5.41, 5.74) is 2.00. The molecule has 1 aliphatic heterocycles. The van der Waals surface area contributed by atoms with Gasteiger partial charge in [0.2, 0.25) is 0 Å². The molecule has 2 rings (SSSR count). The zero-order valence-corrected chi connectivity index (χ0v) is 10.5. The van der Waals surface area contributed by atoms with Crippen LogP contribution in [-0.2, 0) is 15.5 Å². The van der Waals surface area contributed by atoms with E-state index in [1.807, 2.05) is 24.3 Å². The molecule has 1 aliphatic rings. The van der Waals surface area contributed by atoms with Crippen molar-refractivity contribution < 1.29 is 9.84 Å². The highest BCUT2D eigenvalue weighted by molar-refractivity contribution is 7.81. The van der Waals surface area contributed by atoms with Crippen LogP contribution in [0.25, 0.3) is 0 Å². The van der Waals surface area contributed by atoms with Crippen molar-refractivity contribution in [1.29, 1.82) is 0 Å². The number of rotatable bonds is 2. The zero-order chi connectivity index (χ0) is 11.6. The van der Waals surface area contributed by atoms with Crippen LogP contribution in [0.3, 0.4) is 0 Å². The Labute approximate surface area is 106 Å². The van der Waals surface area contributed by atoms with E-state index in [0.717, 1.165) is 11.1 Å². The normalized spacial score (nSPS) is 30.3. The van der Waals surface area contributed by atoms with Crippen LogP contribution >= 0.6 is 24.2 Å². The van der Waals surface area contributed by atoms with Gasteiger partial charge in [0.25, 0.3) is 0 Å². The monoisotopic (exact) mass is 258 g/mol. The number of hydrogen-bond acceptors (Lipinski definition) is 3. The molecule has 2 nitrogen and oxygen atoms in total. The summed E-state index contributed by atoms with van der Waals surface area (Å²) in [5, 5.41) is 9.68. The van der Waals surface area contributed by atoms with E-state index in [-0.39, 0.29) is 6.10 Å². The van der Waals surface area contributed by atoms with E-state index in [1.54, 1.807) is 0 Å². The van der Waals surface area contributed by atoms with Gasteiger partial charge in [0.15, 0.2) is 0 Å². The highest BCUT2D eigenvalue weighted by Gasteiger charge is 2.35. The van der Waals surface area contributed by atoms with E-state index in [4.69, 9.17) is 16.3 Å². The molecule has 1 aromatic carbocycles. The van der Waals surface area contributed by atoms with Gasteiger partial charge in [-0.1, -0.05) is 24.3 Å². The third-order valence-corrected chi connectivity index (χ3v) is 3.72. The number of benzene rings is 1. The third-order valence-electron chi connectivity index (χ3n) is 2.84. The first-order valence-corrected chi connectivity index (χ1v) is 6.32. The molecule has 1 heterocycles. The predicted molar refractivity (Wildman–Crippen MR) is 67.9 cm³/mol. The Hall–Kier alpha value is -0.220. The predicted octanol–water partition coefficient (Wildman–Crippen LogP) is 2.68. The second kappa shape index (κ2) is 4.96. The molecule has 1 fully saturated rings. The first-order valence-electron chi connectivity index (χ1n) is 5.34. The molecule has 4 heteroatoms. The molecule has 16 heavy (non-hydrogen) atoms. The fourth-order valence-corrected chi connectivity index (χ4v) is 2.55. The van der Waals surface area contributed by atoms with Crippen LogP contribution in [0, 0.1) is 0 Å². The average Bonchev–Trinajstić information content (AvgIpc) is 2.29. The van der Waals surface area contributed by atoms with Gasteiger partial charge < -0.3 is 9.84 Å². The maximum absolute atomic E-state index is 9.68. The largest absolute Gasteiger partial charge is 0.393 e. The van der Waals surface area contributed by atoms with E-state index in [1.165, 1.54) is 0 Å². The van der Waals surface area contributed by atoms with E-state index in [9.17, 15) is 5.11 Å². The smallest absolute Gasteiger partial charge is 0.138 e. The van der Waals surface area contributed by atoms with Crippen LogP contribution in [0.15, 0.2) is 24.3 Å². The lowest BCUT2D eigenvalue weighted by molar-refractivity contribution is -0.0659. The van der Waals surface area contributed by atoms with Crippen molar-refractivity contribution in [2.24, 2.45) is 0 Å². The van der Waals surface area contributed by atoms with Crippen molar-refractivity contribution in [3.8, 4) is 0 Å². The SMILES string of the molecule is OC1CCOC(S)(c2cccc(CCl)c2)C1. The minimum Gasteiger partial charge on any atom is -0.393 e. The molecule has 1 N–H and O–H groups in total. The van der Waals surface area contributed by atoms with Gasteiger partial charge in [-0.25, -0.2) is 0 Å². The van der Waals surface area contributed by atoms with Gasteiger partial charge >= 0.3 is 0 Å². The molecule has 0 bridgehead atoms. The quantitative estimate of drug-likeness (QED) is 0.631. The van der Waals surface area contributed by atoms with E-state index in [2.05, 4.69) is 12.6 Å². The Bertz CT molecular complexity index is 372. The fourth-order valence-electron chi connectivity index (χ4n) is 1.94. The molecule has 1 saturated heterocycles. The van der Waals surface area contributed by atoms with Crippen LogP contribution in [-0.4, -0.2) is 17.8 Å². The van der Waals surface area contributed by atoms with Gasteiger partial charge in [0.05, 0.1) is 12.7 Å². The Morgan fingerprint density at radius 2 is 2.38 bits per heavy atom. The summed E-state index contributed by atoms with van der Waals surface area (Å²) in [6.45, 7) is 0.537. The summed E-state index contributed by atoms with van der Waals surface area (Å²) in [5.74, 6) is 0.472. The maximum Gasteiger partial charge on any atom is 0.138 e. The third kappa shape index (κ3) is 2.54. The van der Waals surface area contributed by atoms with Gasteiger partial charge in [-0.3, -0.25) is 0 Å². The summed E-state index contributed by atoms with van der Waals surface area (Å²) in [6.07, 6.45) is 0.852. The molecule has 0 saturated carbocycles. The molecule has 0 spiro atoms. The summed E-state index contributed by atoms with van der Waals surface area (Å²) in [4.78, 5) is -0.681. The standard InChI is InChI=1S/C12H15ClO2S/c13-8-9-2-1-3-10(6-9)12(16)7-11(14)4-5-15-12/h1-3,6,11,14,16H,4-5,7-8H2. The summed E-state index contributed by atoms with van der Waals surface area (Å²) in [7, 11) is 0. The molecule has 2 unspecified atom stereocenters. The lowest BCUT2D eigenvalue weighted by Gasteiger charge is -2.36. The molecule has 0 aliphatic carbocycles. The number of alkyl halides is 1. The maximum atomic E-state index is 9.68. The van der Waals surface area contributed by atoms with Crippen LogP contribution in [0.1, 0.15) is 24.0 Å². The Kier molecular flexibility index (Phi) is 3.80. The summed E-state index contributed by atoms with van der Waals surface area (Å²) in [6, 6.07) is 7.85. The number of halogens is 1. The van der Waals surface area contributed by atoms with Crippen LogP contribution in [0.5, 0.6) is 0 Å². The van der Waals surface area contributed by atoms with E-state index in [0.29, 0.717) is 25.3 Å². The summed E-state index contributed by atoms with van der Waals surface area (Å²) >= 11 is 10.4. The van der Waals surface area contributed by atoms with Crippen molar-refractivity contribution in [3.63, 3.8) is 0 Å². The number of thiol groups is 1. The van der Waals surface area contributed by atoms with Gasteiger partial charge in [0, 0.05) is 12.3 Å². The molecular formula is C12H15ClO2S. The lowest BCUT2D eigenvalue weighted by Crippen LogP contribution is -2.35. The van der Waals surface area contributed by atoms with E-state index >= 15 is 0 Å². The van der Waals surface area contributed by atoms with Gasteiger partial charge in [0.1, 0.15) is 4.93 Å². The first-order chi connectivity index (χ1) is 7.64. The highest BCUT2D eigenvalue weighted by atomic mass is 35.5. The minimum absolute atomic E-state index is 0.342. The van der Waals surface area contributed by atoms with Crippen molar-refractivity contribution >= 4 is 24.2 Å². The van der Waals surface area contributed by atoms with Gasteiger partial charge in [-0.2, -0.15) is 0 Å². The molecule has 1 aromatic rings. The molecule has 0 aromatic heterocycles. The number of aliphatic hydroxyl groups is 1. The van der Waals surface area contributed by atoms with E-state index < -0.39 is 4.93 Å². The van der Waals surface area contributed by atoms with Crippen molar-refractivity contribution in [2.45, 2.75) is 29.8 Å². The first kappa shape index (κ1) is 12.2. The molecule has 2 atom stereocenters. The van der Waals surface area contributed by atoms with Crippen molar-refractivity contribution in [1.82, 2.24) is 0 Å². The number of aliphatic hydroxyl groups excluding tert-OH is 1. The molecular weight excluding hydrogens is 244 g/mol. The second-order valence-corrected chi connectivity index (χ2v) is 5.10. The van der Waals surface area contributed by atoms with Crippen molar-refractivity contribution in [2.75, 3.05) is 6.61 Å². The Morgan fingerprint density at radius 3 is 3.06 bits per heavy atom. The molecule has 0 amide bonds. The van der Waals surface area contributed by atoms with Crippen molar-refractivity contribution in [3.05, 3.63) is 35.4 Å². The highest BCUT2D eigenvalue weighted by Crippen LogP contribution is 2.39. The lowest BCUT2D eigenvalue weighted by atomic mass is 9.97. The average molecular weight is 259 g/mol. The Balaban J connectivity index is 2.27. The fraction of sp³-hybridized carbons (Fsp3) is 0.500. The number of hydrogen-bond donors (Lipinski definition) is 2. The van der Waals surface area contributed by atoms with Crippen LogP contribution in [0.2, 0.25) is 0 Å². The number of ether oxygens (including phenoxy) is 1. The van der Waals surface area contributed by atoms with Gasteiger partial charge in [-0.05, 0) is 17.5 Å². The molecule has 88 valence electrons. The minimum atomic E-state index is -0.681. The topological polar surface area (TPSA) is 29.5 Å². The zero-order valence-electron chi connectivity index (χ0n) is 8.90. The Morgan fingerprint density at radius 1 is 1.56 bits per heavy atom.